The molecule has 0 aliphatic carbocycles. The first-order valence-corrected chi connectivity index (χ1v) is 10.0. The molecule has 0 bridgehead atoms. The molecule has 0 amide bonds. The summed E-state index contributed by atoms with van der Waals surface area (Å²) in [5.74, 6) is -0.675. The molecule has 2 aromatic rings. The number of hydrogen-bond acceptors (Lipinski definition) is 8. The molecule has 1 aliphatic rings. The molecule has 0 unspecified atom stereocenters. The van der Waals surface area contributed by atoms with E-state index in [1.165, 1.54) is 31.4 Å². The van der Waals surface area contributed by atoms with Gasteiger partial charge in [-0.05, 0) is 38.1 Å². The lowest BCUT2D eigenvalue weighted by molar-refractivity contribution is -0.145. The topological polar surface area (TPSA) is 128 Å². The van der Waals surface area contributed by atoms with Crippen LogP contribution in [0, 0.1) is 5.21 Å². The molecule has 1 aliphatic heterocycles. The average Bonchev–Trinajstić information content (AvgIpc) is 3.09. The number of hydrogen-bond donors (Lipinski definition) is 1. The molecular weight excluding hydrogens is 388 g/mol. The van der Waals surface area contributed by atoms with Gasteiger partial charge in [0, 0.05) is 12.5 Å². The van der Waals surface area contributed by atoms with Crippen molar-refractivity contribution in [2.45, 2.75) is 43.8 Å². The molecule has 1 aromatic heterocycles. The minimum Gasteiger partial charge on any atom is -0.733 e. The molecule has 28 heavy (non-hydrogen) atoms. The Morgan fingerprint density at radius 2 is 2.00 bits per heavy atom. The summed E-state index contributed by atoms with van der Waals surface area (Å²) < 4.78 is 34.3. The first kappa shape index (κ1) is 20.3. The van der Waals surface area contributed by atoms with E-state index in [1.807, 2.05) is 18.4 Å². The Labute approximate surface area is 162 Å². The molecule has 0 fully saturated rings. The van der Waals surface area contributed by atoms with Crippen LogP contribution in [0.5, 0.6) is 0 Å². The lowest BCUT2D eigenvalue weighted by Gasteiger charge is -2.33. The minimum absolute atomic E-state index is 0.0367. The van der Waals surface area contributed by atoms with Crippen molar-refractivity contribution in [2.24, 2.45) is 0 Å². The molecule has 0 spiro atoms. The quantitative estimate of drug-likeness (QED) is 0.580. The number of aromatic nitrogens is 2. The van der Waals surface area contributed by atoms with Crippen molar-refractivity contribution in [3.8, 4) is 0 Å². The summed E-state index contributed by atoms with van der Waals surface area (Å²) in [6, 6.07) is 3.79. The number of sulfonamides is 1. The van der Waals surface area contributed by atoms with Crippen LogP contribution in [0.2, 0.25) is 0 Å². The summed E-state index contributed by atoms with van der Waals surface area (Å²) in [7, 11) is -2.88. The molecule has 1 N–H and O–H groups in total. The summed E-state index contributed by atoms with van der Waals surface area (Å²) in [6.45, 7) is 3.87. The molecule has 1 aromatic carbocycles. The fourth-order valence-electron chi connectivity index (χ4n) is 3.23. The van der Waals surface area contributed by atoms with Gasteiger partial charge in [-0.2, -0.15) is 4.31 Å². The fraction of sp³-hybridized carbons (Fsp3) is 0.412. The third-order valence-electron chi connectivity index (χ3n) is 4.72. The Morgan fingerprint density at radius 3 is 2.54 bits per heavy atom. The molecule has 3 rings (SSSR count). The van der Waals surface area contributed by atoms with Gasteiger partial charge in [0.25, 0.3) is 0 Å². The molecule has 11 heteroatoms. The number of anilines is 1. The average molecular weight is 409 g/mol. The van der Waals surface area contributed by atoms with Crippen LogP contribution in [-0.2, 0) is 32.5 Å². The van der Waals surface area contributed by atoms with Crippen molar-refractivity contribution in [3.63, 3.8) is 0 Å². The largest absolute Gasteiger partial charge is 0.733 e. The predicted molar refractivity (Wildman–Crippen MR) is 98.9 cm³/mol. The highest BCUT2D eigenvalue weighted by Crippen LogP contribution is 2.31. The van der Waals surface area contributed by atoms with Crippen molar-refractivity contribution in [1.29, 1.82) is 0 Å². The van der Waals surface area contributed by atoms with Gasteiger partial charge in [-0.3, -0.25) is 10.0 Å². The molecule has 152 valence electrons. The van der Waals surface area contributed by atoms with E-state index >= 15 is 0 Å². The number of ether oxygens (including phenoxy) is 1. The zero-order chi connectivity index (χ0) is 20.6. The number of carbonyl (C=O) groups excluding carboxylic acids is 1. The highest BCUT2D eigenvalue weighted by Gasteiger charge is 2.42. The van der Waals surface area contributed by atoms with E-state index < -0.39 is 22.0 Å². The lowest BCUT2D eigenvalue weighted by Crippen LogP contribution is -2.49. The van der Waals surface area contributed by atoms with Crippen LogP contribution in [0.3, 0.4) is 0 Å². The van der Waals surface area contributed by atoms with E-state index in [0.29, 0.717) is 5.69 Å². The number of nitrogens with zero attached hydrogens (tertiary/aromatic N) is 4. The van der Waals surface area contributed by atoms with Crippen LogP contribution in [0.4, 0.5) is 5.69 Å². The number of rotatable bonds is 5. The standard InChI is InChI=1S/C17H21N4O6S/c1-11(2)19-10-18-14-8-15(17(22)27-3)20(9-16(14)19)28(25,26)13-6-4-12(5-7-13)21(23)24/h4-7,10-11,15,23H,8-9H2,1-3H3/q-1/t15-/m0/s1. The third kappa shape index (κ3) is 3.49. The van der Waals surface area contributed by atoms with Gasteiger partial charge >= 0.3 is 5.97 Å². The van der Waals surface area contributed by atoms with Crippen LogP contribution < -0.4 is 5.23 Å². The highest BCUT2D eigenvalue weighted by atomic mass is 32.2. The summed E-state index contributed by atoms with van der Waals surface area (Å²) in [5.41, 5.74) is 1.27. The summed E-state index contributed by atoms with van der Waals surface area (Å²) in [6.07, 6.45) is 1.74. The Balaban J connectivity index is 2.04. The van der Waals surface area contributed by atoms with Crippen LogP contribution in [-0.4, -0.2) is 46.6 Å². The first-order valence-electron chi connectivity index (χ1n) is 8.57. The minimum atomic E-state index is -4.08. The summed E-state index contributed by atoms with van der Waals surface area (Å²) in [5, 5.41) is 19.5. The Hall–Kier alpha value is -2.47. The van der Waals surface area contributed by atoms with E-state index in [4.69, 9.17) is 9.94 Å². The monoisotopic (exact) mass is 409 g/mol. The normalized spacial score (nSPS) is 17.4. The highest BCUT2D eigenvalue weighted by molar-refractivity contribution is 7.89. The van der Waals surface area contributed by atoms with Crippen molar-refractivity contribution in [1.82, 2.24) is 13.9 Å². The van der Waals surface area contributed by atoms with E-state index in [-0.39, 0.29) is 34.8 Å². The maximum atomic E-state index is 13.2. The van der Waals surface area contributed by atoms with E-state index in [0.717, 1.165) is 10.00 Å². The van der Waals surface area contributed by atoms with Gasteiger partial charge in [-0.1, -0.05) is 0 Å². The lowest BCUT2D eigenvalue weighted by atomic mass is 10.1. The second kappa shape index (κ2) is 7.51. The molecule has 1 atom stereocenters. The van der Waals surface area contributed by atoms with E-state index in [2.05, 4.69) is 4.98 Å². The van der Waals surface area contributed by atoms with Gasteiger partial charge in [0.1, 0.15) is 6.04 Å². The Bertz CT molecular complexity index is 968. The van der Waals surface area contributed by atoms with Crippen molar-refractivity contribution in [2.75, 3.05) is 12.3 Å². The van der Waals surface area contributed by atoms with E-state index in [1.54, 1.807) is 6.33 Å². The smallest absolute Gasteiger partial charge is 0.324 e. The Morgan fingerprint density at radius 1 is 1.36 bits per heavy atom. The number of carbonyl (C=O) groups is 1. The fourth-order valence-corrected chi connectivity index (χ4v) is 4.77. The van der Waals surface area contributed by atoms with Crippen LogP contribution in [0.15, 0.2) is 35.5 Å². The summed E-state index contributed by atoms with van der Waals surface area (Å²) in [4.78, 5) is 16.5. The van der Waals surface area contributed by atoms with Crippen molar-refractivity contribution >= 4 is 21.7 Å². The van der Waals surface area contributed by atoms with Gasteiger partial charge in [-0.15, -0.1) is 0 Å². The number of benzene rings is 1. The molecular formula is C17H21N4O6S-. The van der Waals surface area contributed by atoms with Gasteiger partial charge < -0.3 is 19.7 Å². The molecule has 10 nitrogen and oxygen atoms in total. The molecule has 2 heterocycles. The Kier molecular flexibility index (Phi) is 5.44. The second-order valence-corrected chi connectivity index (χ2v) is 8.59. The molecule has 0 radical (unpaired) electrons. The second-order valence-electron chi connectivity index (χ2n) is 6.70. The van der Waals surface area contributed by atoms with Gasteiger partial charge in [0.15, 0.2) is 0 Å². The van der Waals surface area contributed by atoms with Crippen LogP contribution >= 0.6 is 0 Å². The zero-order valence-corrected chi connectivity index (χ0v) is 16.5. The third-order valence-corrected chi connectivity index (χ3v) is 6.59. The van der Waals surface area contributed by atoms with Gasteiger partial charge in [0.2, 0.25) is 10.0 Å². The number of imidazole rings is 1. The maximum Gasteiger partial charge on any atom is 0.324 e. The van der Waals surface area contributed by atoms with Crippen molar-refractivity contribution in [3.05, 3.63) is 47.2 Å². The number of fused-ring (bicyclic) bond motifs is 1. The van der Waals surface area contributed by atoms with Crippen LogP contribution in [0.1, 0.15) is 31.3 Å². The SMILES string of the molecule is COC(=O)[C@@H]1Cc2ncn(C(C)C)c2CN1S(=O)(=O)c1ccc(N([O-])O)cc1. The van der Waals surface area contributed by atoms with Gasteiger partial charge in [-0.25, -0.2) is 13.4 Å². The van der Waals surface area contributed by atoms with Gasteiger partial charge in [0.05, 0.1) is 42.0 Å². The first-order chi connectivity index (χ1) is 13.2. The van der Waals surface area contributed by atoms with E-state index in [9.17, 15) is 18.4 Å². The number of esters is 1. The molecule has 0 saturated carbocycles. The zero-order valence-electron chi connectivity index (χ0n) is 15.6. The summed E-state index contributed by atoms with van der Waals surface area (Å²) >= 11 is 0. The molecule has 0 saturated heterocycles. The van der Waals surface area contributed by atoms with Crippen LogP contribution in [0.25, 0.3) is 0 Å². The predicted octanol–water partition coefficient (Wildman–Crippen LogP) is 1.45. The number of methoxy groups -OCH3 is 1. The maximum absolute atomic E-state index is 13.2. The van der Waals surface area contributed by atoms with Crippen molar-refractivity contribution < 1.29 is 23.2 Å².